The van der Waals surface area contributed by atoms with Crippen LogP contribution in [0.15, 0.2) is 27.4 Å². The molecule has 1 heterocycles. The van der Waals surface area contributed by atoms with Gasteiger partial charge in [0.25, 0.3) is 0 Å². The molecule has 0 spiro atoms. The highest BCUT2D eigenvalue weighted by molar-refractivity contribution is 8.01. The van der Waals surface area contributed by atoms with Crippen molar-refractivity contribution in [1.82, 2.24) is 10.2 Å². The van der Waals surface area contributed by atoms with Gasteiger partial charge in [0.05, 0.1) is 4.90 Å². The first-order chi connectivity index (χ1) is 7.15. The van der Waals surface area contributed by atoms with E-state index in [9.17, 15) is 4.39 Å². The van der Waals surface area contributed by atoms with Gasteiger partial charge in [-0.1, -0.05) is 23.1 Å². The van der Waals surface area contributed by atoms with E-state index in [1.807, 2.05) is 6.92 Å². The third-order valence-corrected chi connectivity index (χ3v) is 3.60. The molecule has 15 heavy (non-hydrogen) atoms. The summed E-state index contributed by atoms with van der Waals surface area (Å²) in [5, 5.41) is 8.64. The molecule has 0 aliphatic carbocycles. The van der Waals surface area contributed by atoms with Crippen LogP contribution in [0, 0.1) is 12.7 Å². The number of halogens is 1. The zero-order chi connectivity index (χ0) is 10.8. The molecular formula is C9H8FN3S2. The second-order valence-corrected chi connectivity index (χ2v) is 5.35. The van der Waals surface area contributed by atoms with Gasteiger partial charge >= 0.3 is 0 Å². The van der Waals surface area contributed by atoms with Crippen molar-refractivity contribution < 1.29 is 4.39 Å². The van der Waals surface area contributed by atoms with Crippen molar-refractivity contribution in [3.63, 3.8) is 0 Å². The van der Waals surface area contributed by atoms with Gasteiger partial charge in [-0.25, -0.2) is 4.39 Å². The molecule has 0 saturated carbocycles. The van der Waals surface area contributed by atoms with Crippen LogP contribution < -0.4 is 5.73 Å². The molecule has 0 saturated heterocycles. The first-order valence-electron chi connectivity index (χ1n) is 4.18. The molecule has 0 unspecified atom stereocenters. The maximum absolute atomic E-state index is 13.4. The first-order valence-corrected chi connectivity index (χ1v) is 5.81. The Balaban J connectivity index is 2.24. The van der Waals surface area contributed by atoms with Gasteiger partial charge in [-0.2, -0.15) is 0 Å². The van der Waals surface area contributed by atoms with Crippen LogP contribution in [-0.2, 0) is 0 Å². The van der Waals surface area contributed by atoms with Crippen LogP contribution in [0.5, 0.6) is 0 Å². The van der Waals surface area contributed by atoms with Crippen molar-refractivity contribution in [3.05, 3.63) is 29.0 Å². The van der Waals surface area contributed by atoms with E-state index in [1.165, 1.54) is 29.2 Å². The zero-order valence-corrected chi connectivity index (χ0v) is 9.53. The molecule has 0 radical (unpaired) electrons. The van der Waals surface area contributed by atoms with E-state index in [1.54, 1.807) is 12.1 Å². The minimum absolute atomic E-state index is 0.326. The highest BCUT2D eigenvalue weighted by Crippen LogP contribution is 2.32. The summed E-state index contributed by atoms with van der Waals surface area (Å²) >= 11 is 2.70. The Bertz CT molecular complexity index is 484. The number of nitrogens with zero attached hydrogens (tertiary/aromatic N) is 2. The lowest BCUT2D eigenvalue weighted by molar-refractivity contribution is 0.602. The highest BCUT2D eigenvalue weighted by Gasteiger charge is 2.07. The van der Waals surface area contributed by atoms with Crippen LogP contribution in [-0.4, -0.2) is 10.2 Å². The van der Waals surface area contributed by atoms with Gasteiger partial charge in [0.1, 0.15) is 10.8 Å². The fraction of sp³-hybridized carbons (Fsp3) is 0.111. The number of aryl methyl sites for hydroxylation is 1. The lowest BCUT2D eigenvalue weighted by Crippen LogP contribution is -1.87. The van der Waals surface area contributed by atoms with Crippen LogP contribution in [0.2, 0.25) is 0 Å². The third-order valence-electron chi connectivity index (χ3n) is 1.66. The van der Waals surface area contributed by atoms with Gasteiger partial charge in [0, 0.05) is 5.69 Å². The van der Waals surface area contributed by atoms with Crippen molar-refractivity contribution in [2.45, 2.75) is 16.2 Å². The van der Waals surface area contributed by atoms with Gasteiger partial charge in [0.2, 0.25) is 0 Å². The summed E-state index contributed by atoms with van der Waals surface area (Å²) in [4.78, 5) is 0.514. The van der Waals surface area contributed by atoms with Crippen LogP contribution in [0.25, 0.3) is 0 Å². The van der Waals surface area contributed by atoms with E-state index in [4.69, 9.17) is 5.73 Å². The number of benzene rings is 1. The van der Waals surface area contributed by atoms with Crippen LogP contribution in [0.4, 0.5) is 10.1 Å². The van der Waals surface area contributed by atoms with E-state index >= 15 is 0 Å². The number of hydrogen-bond acceptors (Lipinski definition) is 5. The third kappa shape index (κ3) is 2.45. The van der Waals surface area contributed by atoms with Crippen molar-refractivity contribution in [2.75, 3.05) is 5.73 Å². The standard InChI is InChI=1S/C9H8FN3S2/c1-5-12-13-9(14-5)15-8-3-2-6(11)4-7(8)10/h2-4H,11H2,1H3. The lowest BCUT2D eigenvalue weighted by atomic mass is 10.3. The van der Waals surface area contributed by atoms with Crippen LogP contribution in [0.1, 0.15) is 5.01 Å². The number of hydrogen-bond donors (Lipinski definition) is 1. The van der Waals surface area contributed by atoms with Gasteiger partial charge in [-0.05, 0) is 25.1 Å². The molecule has 6 heteroatoms. The molecule has 2 aromatic rings. The zero-order valence-electron chi connectivity index (χ0n) is 7.90. The summed E-state index contributed by atoms with van der Waals surface area (Å²) in [6, 6.07) is 4.61. The fourth-order valence-corrected chi connectivity index (χ4v) is 2.79. The average Bonchev–Trinajstić information content (AvgIpc) is 2.56. The SMILES string of the molecule is Cc1nnc(Sc2ccc(N)cc2F)s1. The number of nitrogen functional groups attached to an aromatic ring is 1. The Kier molecular flexibility index (Phi) is 2.88. The summed E-state index contributed by atoms with van der Waals surface area (Å²) in [5.74, 6) is -0.326. The molecule has 3 nitrogen and oxygen atoms in total. The van der Waals surface area contributed by atoms with Gasteiger partial charge < -0.3 is 5.73 Å². The van der Waals surface area contributed by atoms with Gasteiger partial charge in [0.15, 0.2) is 4.34 Å². The Hall–Kier alpha value is -1.14. The van der Waals surface area contributed by atoms with E-state index < -0.39 is 0 Å². The Morgan fingerprint density at radius 2 is 2.20 bits per heavy atom. The second kappa shape index (κ2) is 4.16. The minimum Gasteiger partial charge on any atom is -0.399 e. The predicted octanol–water partition coefficient (Wildman–Crippen LogP) is 2.72. The maximum Gasteiger partial charge on any atom is 0.179 e. The smallest absolute Gasteiger partial charge is 0.179 e. The highest BCUT2D eigenvalue weighted by atomic mass is 32.2. The summed E-state index contributed by atoms with van der Waals surface area (Å²) < 4.78 is 14.1. The molecule has 0 bridgehead atoms. The van der Waals surface area contributed by atoms with Crippen molar-refractivity contribution in [3.8, 4) is 0 Å². The number of rotatable bonds is 2. The largest absolute Gasteiger partial charge is 0.399 e. The summed E-state index contributed by atoms with van der Waals surface area (Å²) in [6.07, 6.45) is 0. The van der Waals surface area contributed by atoms with E-state index in [0.29, 0.717) is 10.6 Å². The Labute approximate surface area is 94.5 Å². The molecule has 1 aromatic carbocycles. The Morgan fingerprint density at radius 1 is 1.40 bits per heavy atom. The van der Waals surface area contributed by atoms with E-state index in [2.05, 4.69) is 10.2 Å². The van der Waals surface area contributed by atoms with E-state index in [-0.39, 0.29) is 5.82 Å². The number of anilines is 1. The summed E-state index contributed by atoms with van der Waals surface area (Å²) in [5.41, 5.74) is 5.87. The Morgan fingerprint density at radius 3 is 2.80 bits per heavy atom. The molecule has 0 amide bonds. The fourth-order valence-electron chi connectivity index (χ4n) is 1.01. The average molecular weight is 241 g/mol. The van der Waals surface area contributed by atoms with Crippen LogP contribution >= 0.6 is 23.1 Å². The van der Waals surface area contributed by atoms with Crippen molar-refractivity contribution in [1.29, 1.82) is 0 Å². The number of nitrogens with two attached hydrogens (primary N) is 1. The molecule has 0 aliphatic rings. The molecular weight excluding hydrogens is 233 g/mol. The minimum atomic E-state index is -0.326. The molecule has 0 atom stereocenters. The van der Waals surface area contributed by atoms with E-state index in [0.717, 1.165) is 9.35 Å². The topological polar surface area (TPSA) is 51.8 Å². The second-order valence-electron chi connectivity index (χ2n) is 2.88. The van der Waals surface area contributed by atoms with Crippen molar-refractivity contribution in [2.24, 2.45) is 0 Å². The summed E-state index contributed by atoms with van der Waals surface area (Å²) in [6.45, 7) is 1.86. The molecule has 0 aliphatic heterocycles. The van der Waals surface area contributed by atoms with Crippen molar-refractivity contribution >= 4 is 28.8 Å². The molecule has 1 aromatic heterocycles. The maximum atomic E-state index is 13.4. The van der Waals surface area contributed by atoms with Crippen LogP contribution in [0.3, 0.4) is 0 Å². The molecule has 2 N–H and O–H groups in total. The predicted molar refractivity (Wildman–Crippen MR) is 59.6 cm³/mol. The lowest BCUT2D eigenvalue weighted by Gasteiger charge is -2.00. The first kappa shape index (κ1) is 10.4. The molecule has 2 rings (SSSR count). The quantitative estimate of drug-likeness (QED) is 0.821. The number of aromatic nitrogens is 2. The monoisotopic (exact) mass is 241 g/mol. The van der Waals surface area contributed by atoms with Gasteiger partial charge in [-0.15, -0.1) is 10.2 Å². The normalized spacial score (nSPS) is 10.5. The molecule has 0 fully saturated rings. The van der Waals surface area contributed by atoms with Gasteiger partial charge in [-0.3, -0.25) is 0 Å². The molecule has 78 valence electrons. The summed E-state index contributed by atoms with van der Waals surface area (Å²) in [7, 11) is 0.